The van der Waals surface area contributed by atoms with Crippen LogP contribution in [0.4, 0.5) is 0 Å². The fourth-order valence-corrected chi connectivity index (χ4v) is 2.36. The van der Waals surface area contributed by atoms with E-state index in [1.807, 2.05) is 18.8 Å². The summed E-state index contributed by atoms with van der Waals surface area (Å²) >= 11 is 6.36. The predicted molar refractivity (Wildman–Crippen MR) is 82.3 cm³/mol. The largest absolute Gasteiger partial charge is 0.308 e. The topological polar surface area (TPSA) is 74.7 Å². The van der Waals surface area contributed by atoms with E-state index in [4.69, 9.17) is 11.6 Å². The van der Waals surface area contributed by atoms with E-state index in [0.717, 1.165) is 37.4 Å². The molecule has 116 valence electrons. The van der Waals surface area contributed by atoms with Crippen molar-refractivity contribution in [3.8, 4) is 0 Å². The van der Waals surface area contributed by atoms with Gasteiger partial charge in [0.2, 0.25) is 0 Å². The predicted octanol–water partition coefficient (Wildman–Crippen LogP) is 1.31. The average molecular weight is 312 g/mol. The Bertz CT molecular complexity index is 535. The van der Waals surface area contributed by atoms with Crippen molar-refractivity contribution in [3.63, 3.8) is 0 Å². The third-order valence-electron chi connectivity index (χ3n) is 3.19. The van der Waals surface area contributed by atoms with Crippen LogP contribution in [-0.2, 0) is 6.54 Å². The molecule has 0 aliphatic rings. The third-order valence-corrected chi connectivity index (χ3v) is 3.48. The SMILES string of the molecule is CCCNC(c1cn[nH]n1)c1c(Cl)cnn1CCN(C)C. The van der Waals surface area contributed by atoms with Gasteiger partial charge in [-0.25, -0.2) is 0 Å². The van der Waals surface area contributed by atoms with Crippen LogP contribution in [0.3, 0.4) is 0 Å². The summed E-state index contributed by atoms with van der Waals surface area (Å²) in [5.74, 6) is 0. The summed E-state index contributed by atoms with van der Waals surface area (Å²) < 4.78 is 1.93. The summed E-state index contributed by atoms with van der Waals surface area (Å²) in [4.78, 5) is 2.12. The number of aromatic nitrogens is 5. The van der Waals surface area contributed by atoms with Crippen LogP contribution in [0.2, 0.25) is 5.02 Å². The lowest BCUT2D eigenvalue weighted by atomic mass is 10.1. The van der Waals surface area contributed by atoms with Crippen molar-refractivity contribution in [1.29, 1.82) is 0 Å². The van der Waals surface area contributed by atoms with E-state index in [1.165, 1.54) is 0 Å². The fraction of sp³-hybridized carbons (Fsp3) is 0.615. The summed E-state index contributed by atoms with van der Waals surface area (Å²) in [6, 6.07) is -0.110. The molecule has 7 nitrogen and oxygen atoms in total. The Morgan fingerprint density at radius 1 is 1.43 bits per heavy atom. The van der Waals surface area contributed by atoms with Crippen LogP contribution in [-0.4, -0.2) is 57.3 Å². The van der Waals surface area contributed by atoms with E-state index >= 15 is 0 Å². The standard InChI is InChI=1S/C13H22ClN7/c1-4-5-15-12(11-9-16-19-18-11)13-10(14)8-17-21(13)7-6-20(2)3/h8-9,12,15H,4-7H2,1-3H3,(H,16,18,19). The molecule has 2 heterocycles. The molecule has 8 heteroatoms. The molecule has 2 aromatic rings. The van der Waals surface area contributed by atoms with Crippen LogP contribution in [0.5, 0.6) is 0 Å². The quantitative estimate of drug-likeness (QED) is 0.769. The Balaban J connectivity index is 2.28. The minimum Gasteiger partial charge on any atom is -0.308 e. The minimum atomic E-state index is -0.110. The number of likely N-dealkylation sites (N-methyl/N-ethyl adjacent to an activating group) is 1. The van der Waals surface area contributed by atoms with E-state index in [2.05, 4.69) is 37.6 Å². The number of aromatic amines is 1. The lowest BCUT2D eigenvalue weighted by Gasteiger charge is -2.19. The highest BCUT2D eigenvalue weighted by molar-refractivity contribution is 6.31. The van der Waals surface area contributed by atoms with Gasteiger partial charge in [-0.15, -0.1) is 0 Å². The van der Waals surface area contributed by atoms with Gasteiger partial charge in [0.25, 0.3) is 0 Å². The highest BCUT2D eigenvalue weighted by atomic mass is 35.5. The zero-order valence-electron chi connectivity index (χ0n) is 12.7. The molecule has 1 atom stereocenters. The van der Waals surface area contributed by atoms with Gasteiger partial charge in [0.05, 0.1) is 35.7 Å². The van der Waals surface area contributed by atoms with Crippen molar-refractivity contribution in [3.05, 3.63) is 28.8 Å². The zero-order chi connectivity index (χ0) is 15.2. The maximum Gasteiger partial charge on any atom is 0.106 e. The number of halogens is 1. The molecule has 0 bridgehead atoms. The first-order valence-electron chi connectivity index (χ1n) is 7.08. The van der Waals surface area contributed by atoms with Crippen molar-refractivity contribution in [2.24, 2.45) is 0 Å². The second-order valence-corrected chi connectivity index (χ2v) is 5.59. The van der Waals surface area contributed by atoms with Crippen molar-refractivity contribution in [2.45, 2.75) is 25.9 Å². The Morgan fingerprint density at radius 2 is 2.24 bits per heavy atom. The smallest absolute Gasteiger partial charge is 0.106 e. The van der Waals surface area contributed by atoms with E-state index in [0.29, 0.717) is 5.02 Å². The van der Waals surface area contributed by atoms with Gasteiger partial charge < -0.3 is 10.2 Å². The molecule has 0 fully saturated rings. The van der Waals surface area contributed by atoms with Gasteiger partial charge in [-0.2, -0.15) is 20.5 Å². The molecule has 2 rings (SSSR count). The Labute approximate surface area is 129 Å². The highest BCUT2D eigenvalue weighted by Gasteiger charge is 2.23. The van der Waals surface area contributed by atoms with Crippen LogP contribution in [0.1, 0.15) is 30.8 Å². The minimum absolute atomic E-state index is 0.110. The number of nitrogens with one attached hydrogen (secondary N) is 2. The lowest BCUT2D eigenvalue weighted by Crippen LogP contribution is -2.28. The third kappa shape index (κ3) is 4.03. The van der Waals surface area contributed by atoms with E-state index in [-0.39, 0.29) is 6.04 Å². The van der Waals surface area contributed by atoms with Crippen LogP contribution in [0.15, 0.2) is 12.4 Å². The molecule has 21 heavy (non-hydrogen) atoms. The molecule has 0 aliphatic carbocycles. The van der Waals surface area contributed by atoms with Crippen molar-refractivity contribution >= 4 is 11.6 Å². The monoisotopic (exact) mass is 311 g/mol. The van der Waals surface area contributed by atoms with Crippen LogP contribution >= 0.6 is 11.6 Å². The van der Waals surface area contributed by atoms with Gasteiger partial charge in [-0.05, 0) is 27.1 Å². The molecule has 2 aromatic heterocycles. The highest BCUT2D eigenvalue weighted by Crippen LogP contribution is 2.27. The normalized spacial score (nSPS) is 13.0. The molecule has 1 unspecified atom stereocenters. The molecule has 0 spiro atoms. The van der Waals surface area contributed by atoms with E-state index in [1.54, 1.807) is 12.4 Å². The zero-order valence-corrected chi connectivity index (χ0v) is 13.4. The molecule has 2 N–H and O–H groups in total. The first-order chi connectivity index (χ1) is 10.1. The van der Waals surface area contributed by atoms with Gasteiger partial charge in [0, 0.05) is 6.54 Å². The molecular formula is C13H22ClN7. The van der Waals surface area contributed by atoms with Gasteiger partial charge in [-0.1, -0.05) is 18.5 Å². The Morgan fingerprint density at radius 3 is 2.86 bits per heavy atom. The van der Waals surface area contributed by atoms with E-state index < -0.39 is 0 Å². The molecular weight excluding hydrogens is 290 g/mol. The van der Waals surface area contributed by atoms with Crippen molar-refractivity contribution < 1.29 is 0 Å². The average Bonchev–Trinajstić information content (AvgIpc) is 3.09. The summed E-state index contributed by atoms with van der Waals surface area (Å²) in [6.45, 7) is 4.66. The van der Waals surface area contributed by atoms with Gasteiger partial charge in [-0.3, -0.25) is 4.68 Å². The number of hydrogen-bond donors (Lipinski definition) is 2. The first kappa shape index (κ1) is 15.9. The Kier molecular flexibility index (Phi) is 5.72. The number of nitrogens with zero attached hydrogens (tertiary/aromatic N) is 5. The molecule has 0 aromatic carbocycles. The lowest BCUT2D eigenvalue weighted by molar-refractivity contribution is 0.365. The van der Waals surface area contributed by atoms with Crippen LogP contribution in [0.25, 0.3) is 0 Å². The maximum atomic E-state index is 6.36. The second-order valence-electron chi connectivity index (χ2n) is 5.19. The number of hydrogen-bond acceptors (Lipinski definition) is 5. The summed E-state index contributed by atoms with van der Waals surface area (Å²) in [5, 5.41) is 19.2. The van der Waals surface area contributed by atoms with Gasteiger partial charge in [0.1, 0.15) is 5.69 Å². The number of H-pyrrole nitrogens is 1. The van der Waals surface area contributed by atoms with Crippen LogP contribution < -0.4 is 5.32 Å². The Hall–Kier alpha value is -1.44. The molecule has 0 aliphatic heterocycles. The molecule has 0 radical (unpaired) electrons. The molecule has 0 saturated carbocycles. The van der Waals surface area contributed by atoms with Gasteiger partial charge in [0.15, 0.2) is 0 Å². The fourth-order valence-electron chi connectivity index (χ4n) is 2.11. The van der Waals surface area contributed by atoms with Crippen LogP contribution in [0, 0.1) is 0 Å². The van der Waals surface area contributed by atoms with Crippen molar-refractivity contribution in [2.75, 3.05) is 27.2 Å². The maximum absolute atomic E-state index is 6.36. The number of rotatable bonds is 8. The second kappa shape index (κ2) is 7.53. The summed E-state index contributed by atoms with van der Waals surface area (Å²) in [5.41, 5.74) is 1.75. The summed E-state index contributed by atoms with van der Waals surface area (Å²) in [7, 11) is 4.07. The first-order valence-corrected chi connectivity index (χ1v) is 7.46. The summed E-state index contributed by atoms with van der Waals surface area (Å²) in [6.07, 6.45) is 4.43. The molecule has 0 amide bonds. The molecule has 0 saturated heterocycles. The van der Waals surface area contributed by atoms with Crippen molar-refractivity contribution in [1.82, 2.24) is 35.4 Å². The van der Waals surface area contributed by atoms with E-state index in [9.17, 15) is 0 Å². The van der Waals surface area contributed by atoms with Gasteiger partial charge >= 0.3 is 0 Å².